The molecule has 68 valence electrons. The number of carboxylic acids is 1. The Balaban J connectivity index is 2.81. The molecule has 1 aliphatic rings. The molecule has 0 aliphatic heterocycles. The summed E-state index contributed by atoms with van der Waals surface area (Å²) in [6.45, 7) is 2.05. The molecule has 1 aliphatic carbocycles. The summed E-state index contributed by atoms with van der Waals surface area (Å²) in [4.78, 5) is 10.8. The normalized spacial score (nSPS) is 19.1. The van der Waals surface area contributed by atoms with E-state index in [1.807, 2.05) is 6.92 Å². The predicted octanol–water partition coefficient (Wildman–Crippen LogP) is 2.74. The zero-order valence-corrected chi connectivity index (χ0v) is 7.60. The van der Waals surface area contributed by atoms with E-state index in [2.05, 4.69) is 0 Å². The van der Waals surface area contributed by atoms with Crippen molar-refractivity contribution in [3.05, 3.63) is 11.1 Å². The molecule has 0 aromatic carbocycles. The first-order valence-corrected chi connectivity index (χ1v) is 4.70. The van der Waals surface area contributed by atoms with Crippen LogP contribution in [0.5, 0.6) is 0 Å². The SMILES string of the molecule is CCC1=C(C(=O)O)CCCCC1. The highest BCUT2D eigenvalue weighted by atomic mass is 16.4. The maximum atomic E-state index is 10.8. The molecule has 0 atom stereocenters. The second-order valence-corrected chi connectivity index (χ2v) is 3.30. The minimum absolute atomic E-state index is 0.690. The molecule has 0 unspecified atom stereocenters. The Morgan fingerprint density at radius 2 is 2.00 bits per heavy atom. The number of hydrogen-bond acceptors (Lipinski definition) is 1. The van der Waals surface area contributed by atoms with E-state index in [0.29, 0.717) is 5.57 Å². The quantitative estimate of drug-likeness (QED) is 0.688. The highest BCUT2D eigenvalue weighted by Gasteiger charge is 2.15. The largest absolute Gasteiger partial charge is 0.478 e. The Morgan fingerprint density at radius 3 is 2.58 bits per heavy atom. The molecule has 0 aromatic rings. The van der Waals surface area contributed by atoms with E-state index in [4.69, 9.17) is 5.11 Å². The van der Waals surface area contributed by atoms with Crippen LogP contribution in [0.15, 0.2) is 11.1 Å². The van der Waals surface area contributed by atoms with E-state index in [9.17, 15) is 4.79 Å². The van der Waals surface area contributed by atoms with Crippen molar-refractivity contribution in [1.82, 2.24) is 0 Å². The van der Waals surface area contributed by atoms with Crippen molar-refractivity contribution in [3.63, 3.8) is 0 Å². The highest BCUT2D eigenvalue weighted by molar-refractivity contribution is 5.87. The maximum Gasteiger partial charge on any atom is 0.331 e. The summed E-state index contributed by atoms with van der Waals surface area (Å²) < 4.78 is 0. The topological polar surface area (TPSA) is 37.3 Å². The first-order valence-electron chi connectivity index (χ1n) is 4.70. The van der Waals surface area contributed by atoms with Gasteiger partial charge in [-0.3, -0.25) is 0 Å². The average molecular weight is 168 g/mol. The molecule has 0 radical (unpaired) electrons. The van der Waals surface area contributed by atoms with Crippen molar-refractivity contribution in [2.75, 3.05) is 0 Å². The van der Waals surface area contributed by atoms with Crippen molar-refractivity contribution >= 4 is 5.97 Å². The molecule has 12 heavy (non-hydrogen) atoms. The smallest absolute Gasteiger partial charge is 0.331 e. The van der Waals surface area contributed by atoms with Crippen LogP contribution in [0.4, 0.5) is 0 Å². The van der Waals surface area contributed by atoms with Gasteiger partial charge in [0.25, 0.3) is 0 Å². The van der Waals surface area contributed by atoms with Gasteiger partial charge in [-0.05, 0) is 32.1 Å². The minimum Gasteiger partial charge on any atom is -0.478 e. The van der Waals surface area contributed by atoms with Crippen LogP contribution < -0.4 is 0 Å². The van der Waals surface area contributed by atoms with Crippen LogP contribution in [0.3, 0.4) is 0 Å². The van der Waals surface area contributed by atoms with Crippen LogP contribution in [0.25, 0.3) is 0 Å². The zero-order chi connectivity index (χ0) is 8.97. The van der Waals surface area contributed by atoms with E-state index < -0.39 is 5.97 Å². The highest BCUT2D eigenvalue weighted by Crippen LogP contribution is 2.25. The molecule has 1 rings (SSSR count). The van der Waals surface area contributed by atoms with Crippen LogP contribution in [-0.2, 0) is 4.79 Å². The van der Waals surface area contributed by atoms with E-state index in [1.165, 1.54) is 18.4 Å². The van der Waals surface area contributed by atoms with E-state index in [-0.39, 0.29) is 0 Å². The second kappa shape index (κ2) is 4.29. The summed E-state index contributed by atoms with van der Waals surface area (Å²) in [5, 5.41) is 8.91. The third-order valence-electron chi connectivity index (χ3n) is 2.52. The fraction of sp³-hybridized carbons (Fsp3) is 0.700. The van der Waals surface area contributed by atoms with Crippen molar-refractivity contribution in [2.45, 2.75) is 45.4 Å². The van der Waals surface area contributed by atoms with Gasteiger partial charge in [0.15, 0.2) is 0 Å². The second-order valence-electron chi connectivity index (χ2n) is 3.30. The molecule has 0 amide bonds. The van der Waals surface area contributed by atoms with Crippen LogP contribution in [0, 0.1) is 0 Å². The lowest BCUT2D eigenvalue weighted by Crippen LogP contribution is -2.03. The molecule has 0 spiro atoms. The maximum absolute atomic E-state index is 10.8. The first kappa shape index (κ1) is 9.30. The van der Waals surface area contributed by atoms with Crippen molar-refractivity contribution in [3.8, 4) is 0 Å². The molecule has 0 fully saturated rings. The van der Waals surface area contributed by atoms with Gasteiger partial charge >= 0.3 is 5.97 Å². The Labute approximate surface area is 73.3 Å². The number of hydrogen-bond donors (Lipinski definition) is 1. The van der Waals surface area contributed by atoms with Gasteiger partial charge in [0, 0.05) is 5.57 Å². The Morgan fingerprint density at radius 1 is 1.33 bits per heavy atom. The van der Waals surface area contributed by atoms with Crippen LogP contribution in [0.2, 0.25) is 0 Å². The molecule has 0 bridgehead atoms. The molecule has 0 saturated heterocycles. The lowest BCUT2D eigenvalue weighted by molar-refractivity contribution is -0.132. The molecule has 1 N–H and O–H groups in total. The number of carbonyl (C=O) groups is 1. The standard InChI is InChI=1S/C10H16O2/c1-2-8-6-4-3-5-7-9(8)10(11)12/h2-7H2,1H3,(H,11,12). The molecule has 2 heteroatoms. The Bertz CT molecular complexity index is 204. The van der Waals surface area contributed by atoms with E-state index >= 15 is 0 Å². The van der Waals surface area contributed by atoms with Gasteiger partial charge in [-0.1, -0.05) is 18.9 Å². The van der Waals surface area contributed by atoms with Crippen LogP contribution in [0.1, 0.15) is 45.4 Å². The number of carboxylic acid groups (broad SMARTS) is 1. The van der Waals surface area contributed by atoms with Gasteiger partial charge in [0.1, 0.15) is 0 Å². The first-order chi connectivity index (χ1) is 5.75. The molecular formula is C10H16O2. The third kappa shape index (κ3) is 2.10. The summed E-state index contributed by atoms with van der Waals surface area (Å²) in [6.07, 6.45) is 6.07. The van der Waals surface area contributed by atoms with Crippen LogP contribution >= 0.6 is 0 Å². The fourth-order valence-electron chi connectivity index (χ4n) is 1.79. The van der Waals surface area contributed by atoms with E-state index in [0.717, 1.165) is 25.7 Å². The predicted molar refractivity (Wildman–Crippen MR) is 48.0 cm³/mol. The van der Waals surface area contributed by atoms with Gasteiger partial charge in [0.2, 0.25) is 0 Å². The van der Waals surface area contributed by atoms with E-state index in [1.54, 1.807) is 0 Å². The lowest BCUT2D eigenvalue weighted by atomic mass is 10.0. The molecular weight excluding hydrogens is 152 g/mol. The summed E-state index contributed by atoms with van der Waals surface area (Å²) in [6, 6.07) is 0. The van der Waals surface area contributed by atoms with Gasteiger partial charge in [-0.25, -0.2) is 4.79 Å². The van der Waals surface area contributed by atoms with Crippen molar-refractivity contribution in [1.29, 1.82) is 0 Å². The Hall–Kier alpha value is -0.790. The van der Waals surface area contributed by atoms with Gasteiger partial charge in [-0.15, -0.1) is 0 Å². The summed E-state index contributed by atoms with van der Waals surface area (Å²) in [5.74, 6) is -0.700. The lowest BCUT2D eigenvalue weighted by Gasteiger charge is -2.05. The monoisotopic (exact) mass is 168 g/mol. The van der Waals surface area contributed by atoms with Gasteiger partial charge in [0.05, 0.1) is 0 Å². The third-order valence-corrected chi connectivity index (χ3v) is 2.52. The summed E-state index contributed by atoms with van der Waals surface area (Å²) in [7, 11) is 0. The molecule has 0 heterocycles. The van der Waals surface area contributed by atoms with Gasteiger partial charge < -0.3 is 5.11 Å². The molecule has 2 nitrogen and oxygen atoms in total. The molecule has 0 aromatic heterocycles. The minimum atomic E-state index is -0.700. The number of rotatable bonds is 2. The Kier molecular flexibility index (Phi) is 3.32. The average Bonchev–Trinajstić information content (AvgIpc) is 2.27. The van der Waals surface area contributed by atoms with Gasteiger partial charge in [-0.2, -0.15) is 0 Å². The van der Waals surface area contributed by atoms with Crippen molar-refractivity contribution < 1.29 is 9.90 Å². The summed E-state index contributed by atoms with van der Waals surface area (Å²) >= 11 is 0. The molecule has 0 saturated carbocycles. The number of allylic oxidation sites excluding steroid dienone is 1. The summed E-state index contributed by atoms with van der Waals surface area (Å²) in [5.41, 5.74) is 1.86. The van der Waals surface area contributed by atoms with Crippen molar-refractivity contribution in [2.24, 2.45) is 0 Å². The fourth-order valence-corrected chi connectivity index (χ4v) is 1.79. The zero-order valence-electron chi connectivity index (χ0n) is 7.60. The number of aliphatic carboxylic acids is 1. The van der Waals surface area contributed by atoms with Crippen LogP contribution in [-0.4, -0.2) is 11.1 Å².